The quantitative estimate of drug-likeness (QED) is 0.175. The first-order valence-corrected chi connectivity index (χ1v) is 12.3. The molecule has 0 radical (unpaired) electrons. The number of alkyl halides is 3. The van der Waals surface area contributed by atoms with Gasteiger partial charge in [0, 0.05) is 24.3 Å². The van der Waals surface area contributed by atoms with E-state index < -0.39 is 23.5 Å². The third-order valence-corrected chi connectivity index (χ3v) is 6.22. The fraction of sp³-hybridized carbons (Fsp3) is 0.357. The Morgan fingerprint density at radius 1 is 1.11 bits per heavy atom. The zero-order valence-electron chi connectivity index (χ0n) is 21.2. The zero-order valence-corrected chi connectivity index (χ0v) is 21.2. The zero-order chi connectivity index (χ0) is 27.7. The third kappa shape index (κ3) is 8.44. The molecule has 0 amide bonds. The summed E-state index contributed by atoms with van der Waals surface area (Å²) in [5, 5.41) is 15.3. The van der Waals surface area contributed by atoms with Gasteiger partial charge in [0.2, 0.25) is 0 Å². The Labute approximate surface area is 219 Å². The number of hydrogen-bond donors (Lipinski definition) is 3. The van der Waals surface area contributed by atoms with E-state index in [1.54, 1.807) is 6.07 Å². The van der Waals surface area contributed by atoms with Crippen LogP contribution in [-0.4, -0.2) is 35.3 Å². The van der Waals surface area contributed by atoms with Gasteiger partial charge in [-0.15, -0.1) is 0 Å². The summed E-state index contributed by atoms with van der Waals surface area (Å²) in [6, 6.07) is 13.3. The summed E-state index contributed by atoms with van der Waals surface area (Å²) in [4.78, 5) is 14.8. The molecule has 0 fully saturated rings. The number of carboxylic acids is 1. The average Bonchev–Trinajstić information content (AvgIpc) is 2.89. The maximum Gasteiger partial charge on any atom is 0.416 e. The van der Waals surface area contributed by atoms with Crippen LogP contribution in [0.15, 0.2) is 60.8 Å². The van der Waals surface area contributed by atoms with Crippen molar-refractivity contribution in [1.29, 1.82) is 0 Å². The van der Waals surface area contributed by atoms with Gasteiger partial charge in [0.25, 0.3) is 0 Å². The minimum absolute atomic E-state index is 0.0217. The standard InChI is InChI=1S/C28H31F4N3O3/c1-3-18(2)26(35-21-7-4-19(5-8-21)15-33-13-12-27(36)37)17-38-22-9-11-25(34-16-22)23-10-6-20(14-24(23)29)28(30,31)32/h4-11,14,16,18,26,33,35H,3,12-13,15,17H2,1-2H3,(H,36,37)/t18-,26+/m0/s1. The lowest BCUT2D eigenvalue weighted by Gasteiger charge is -2.25. The van der Waals surface area contributed by atoms with Crippen LogP contribution >= 0.6 is 0 Å². The fourth-order valence-corrected chi connectivity index (χ4v) is 3.70. The third-order valence-electron chi connectivity index (χ3n) is 6.22. The maximum absolute atomic E-state index is 14.3. The highest BCUT2D eigenvalue weighted by atomic mass is 19.4. The van der Waals surface area contributed by atoms with Crippen molar-refractivity contribution in [3.05, 3.63) is 77.7 Å². The molecule has 3 rings (SSSR count). The summed E-state index contributed by atoms with van der Waals surface area (Å²) in [7, 11) is 0. The molecule has 0 aliphatic heterocycles. The van der Waals surface area contributed by atoms with E-state index in [1.807, 2.05) is 24.3 Å². The van der Waals surface area contributed by atoms with Crippen molar-refractivity contribution < 1.29 is 32.2 Å². The molecule has 38 heavy (non-hydrogen) atoms. The fourth-order valence-electron chi connectivity index (χ4n) is 3.70. The van der Waals surface area contributed by atoms with Crippen LogP contribution in [0.5, 0.6) is 5.75 Å². The smallest absolute Gasteiger partial charge is 0.416 e. The summed E-state index contributed by atoms with van der Waals surface area (Å²) in [5.41, 5.74) is 1.08. The van der Waals surface area contributed by atoms with E-state index in [0.29, 0.717) is 31.5 Å². The molecule has 0 aliphatic carbocycles. The molecular weight excluding hydrogens is 502 g/mol. The van der Waals surface area contributed by atoms with Crippen molar-refractivity contribution in [2.75, 3.05) is 18.5 Å². The highest BCUT2D eigenvalue weighted by Gasteiger charge is 2.31. The molecule has 0 spiro atoms. The second kappa shape index (κ2) is 13.2. The summed E-state index contributed by atoms with van der Waals surface area (Å²) >= 11 is 0. The number of carboxylic acid groups (broad SMARTS) is 1. The number of hydrogen-bond acceptors (Lipinski definition) is 5. The van der Waals surface area contributed by atoms with Crippen molar-refractivity contribution in [3.63, 3.8) is 0 Å². The number of aliphatic carboxylic acids is 1. The van der Waals surface area contributed by atoms with Gasteiger partial charge in [-0.1, -0.05) is 32.4 Å². The average molecular weight is 534 g/mol. The molecule has 1 heterocycles. The van der Waals surface area contributed by atoms with Crippen LogP contribution in [0.1, 0.15) is 37.8 Å². The lowest BCUT2D eigenvalue weighted by atomic mass is 9.99. The minimum Gasteiger partial charge on any atom is -0.490 e. The van der Waals surface area contributed by atoms with Crippen molar-refractivity contribution in [2.24, 2.45) is 5.92 Å². The van der Waals surface area contributed by atoms with Crippen LogP contribution in [0.4, 0.5) is 23.2 Å². The molecule has 0 unspecified atom stereocenters. The summed E-state index contributed by atoms with van der Waals surface area (Å²) in [6.45, 7) is 5.50. The molecule has 0 aliphatic rings. The lowest BCUT2D eigenvalue weighted by Crippen LogP contribution is -2.33. The molecule has 0 saturated heterocycles. The van der Waals surface area contributed by atoms with Crippen LogP contribution in [0.3, 0.4) is 0 Å². The predicted molar refractivity (Wildman–Crippen MR) is 137 cm³/mol. The van der Waals surface area contributed by atoms with E-state index >= 15 is 0 Å². The number of benzene rings is 2. The Morgan fingerprint density at radius 2 is 1.84 bits per heavy atom. The second-order valence-electron chi connectivity index (χ2n) is 9.04. The van der Waals surface area contributed by atoms with Crippen molar-refractivity contribution in [1.82, 2.24) is 10.3 Å². The van der Waals surface area contributed by atoms with Crippen LogP contribution in [-0.2, 0) is 17.5 Å². The Kier molecular flexibility index (Phi) is 10.1. The predicted octanol–water partition coefficient (Wildman–Crippen LogP) is 6.38. The molecule has 3 N–H and O–H groups in total. The van der Waals surface area contributed by atoms with Gasteiger partial charge in [-0.05, 0) is 53.9 Å². The maximum atomic E-state index is 14.3. The van der Waals surface area contributed by atoms with E-state index in [-0.39, 0.29) is 29.6 Å². The van der Waals surface area contributed by atoms with Gasteiger partial charge in [0.1, 0.15) is 18.2 Å². The highest BCUT2D eigenvalue weighted by Crippen LogP contribution is 2.32. The summed E-state index contributed by atoms with van der Waals surface area (Å²) < 4.78 is 58.6. The van der Waals surface area contributed by atoms with Crippen LogP contribution in [0, 0.1) is 11.7 Å². The number of rotatable bonds is 13. The Morgan fingerprint density at radius 3 is 2.42 bits per heavy atom. The minimum atomic E-state index is -4.62. The first kappa shape index (κ1) is 28.9. The molecule has 6 nitrogen and oxygen atoms in total. The number of carbonyl (C=O) groups is 1. The van der Waals surface area contributed by atoms with Gasteiger partial charge in [0.05, 0.1) is 29.9 Å². The van der Waals surface area contributed by atoms with Crippen molar-refractivity contribution in [2.45, 2.75) is 45.5 Å². The molecular formula is C28H31F4N3O3. The molecule has 2 aromatic carbocycles. The number of pyridine rings is 1. The molecule has 1 aromatic heterocycles. The number of aromatic nitrogens is 1. The van der Waals surface area contributed by atoms with E-state index in [4.69, 9.17) is 9.84 Å². The van der Waals surface area contributed by atoms with Gasteiger partial charge in [-0.3, -0.25) is 9.78 Å². The lowest BCUT2D eigenvalue weighted by molar-refractivity contribution is -0.138. The van der Waals surface area contributed by atoms with Gasteiger partial charge >= 0.3 is 12.1 Å². The number of ether oxygens (including phenoxy) is 1. The van der Waals surface area contributed by atoms with Crippen molar-refractivity contribution >= 4 is 11.7 Å². The number of halogens is 4. The van der Waals surface area contributed by atoms with E-state index in [1.165, 1.54) is 12.3 Å². The summed E-state index contributed by atoms with van der Waals surface area (Å²) in [6.07, 6.45) is -2.21. The Bertz CT molecular complexity index is 1190. The van der Waals surface area contributed by atoms with E-state index in [0.717, 1.165) is 29.8 Å². The highest BCUT2D eigenvalue weighted by molar-refractivity contribution is 5.66. The molecule has 0 bridgehead atoms. The first-order chi connectivity index (χ1) is 18.1. The number of anilines is 1. The van der Waals surface area contributed by atoms with Gasteiger partial charge in [0.15, 0.2) is 0 Å². The second-order valence-corrected chi connectivity index (χ2v) is 9.04. The topological polar surface area (TPSA) is 83.5 Å². The van der Waals surface area contributed by atoms with Crippen molar-refractivity contribution in [3.8, 4) is 17.0 Å². The van der Waals surface area contributed by atoms with Crippen LogP contribution in [0.2, 0.25) is 0 Å². The number of nitrogens with zero attached hydrogens (tertiary/aromatic N) is 1. The molecule has 204 valence electrons. The van der Waals surface area contributed by atoms with Gasteiger partial charge < -0.3 is 20.5 Å². The largest absolute Gasteiger partial charge is 0.490 e. The molecule has 10 heteroatoms. The van der Waals surface area contributed by atoms with Crippen LogP contribution < -0.4 is 15.4 Å². The Hall–Kier alpha value is -3.66. The number of nitrogens with one attached hydrogen (secondary N) is 2. The molecule has 0 saturated carbocycles. The van der Waals surface area contributed by atoms with Crippen LogP contribution in [0.25, 0.3) is 11.3 Å². The molecule has 3 aromatic rings. The Balaban J connectivity index is 1.59. The van der Waals surface area contributed by atoms with Gasteiger partial charge in [-0.2, -0.15) is 13.2 Å². The molecule has 2 atom stereocenters. The van der Waals surface area contributed by atoms with E-state index in [2.05, 4.69) is 29.5 Å². The summed E-state index contributed by atoms with van der Waals surface area (Å²) in [5.74, 6) is -1.10. The normalized spacial score (nSPS) is 13.1. The van der Waals surface area contributed by atoms with Gasteiger partial charge in [-0.25, -0.2) is 4.39 Å². The monoisotopic (exact) mass is 533 g/mol. The SMILES string of the molecule is CC[C@H](C)[C@@H](COc1ccc(-c2ccc(C(F)(F)F)cc2F)nc1)Nc1ccc(CNCCC(=O)O)cc1. The van der Waals surface area contributed by atoms with E-state index in [9.17, 15) is 22.4 Å². The first-order valence-electron chi connectivity index (χ1n) is 12.3.